The molecule has 2 rings (SSSR count). The third-order valence-corrected chi connectivity index (χ3v) is 4.40. The molecule has 100 valence electrons. The molecule has 2 fully saturated rings. The molecule has 0 spiro atoms. The number of ether oxygens (including phenoxy) is 1. The average Bonchev–Trinajstić information content (AvgIpc) is 3.19. The van der Waals surface area contributed by atoms with Crippen LogP contribution in [-0.4, -0.2) is 49.3 Å². The zero-order valence-electron chi connectivity index (χ0n) is 11.6. The number of nitrogens with zero attached hydrogens (tertiary/aromatic N) is 1. The van der Waals surface area contributed by atoms with Crippen molar-refractivity contribution in [2.45, 2.75) is 58.2 Å². The second kappa shape index (κ2) is 6.17. The molecule has 1 saturated carbocycles. The van der Waals surface area contributed by atoms with Gasteiger partial charge in [0.25, 0.3) is 0 Å². The number of nitrogens with one attached hydrogen (secondary N) is 1. The molecule has 0 amide bonds. The van der Waals surface area contributed by atoms with Crippen LogP contribution in [-0.2, 0) is 4.74 Å². The van der Waals surface area contributed by atoms with E-state index in [2.05, 4.69) is 31.0 Å². The quantitative estimate of drug-likeness (QED) is 0.767. The van der Waals surface area contributed by atoms with Crippen LogP contribution in [0.5, 0.6) is 0 Å². The van der Waals surface area contributed by atoms with Gasteiger partial charge in [-0.2, -0.15) is 0 Å². The van der Waals surface area contributed by atoms with Gasteiger partial charge in [-0.15, -0.1) is 0 Å². The molecule has 0 radical (unpaired) electrons. The molecule has 3 atom stereocenters. The molecule has 0 bridgehead atoms. The van der Waals surface area contributed by atoms with Gasteiger partial charge in [0.1, 0.15) is 0 Å². The van der Waals surface area contributed by atoms with Crippen molar-refractivity contribution in [2.24, 2.45) is 5.92 Å². The first-order valence-corrected chi connectivity index (χ1v) is 7.29. The first-order valence-electron chi connectivity index (χ1n) is 7.29. The van der Waals surface area contributed by atoms with Crippen LogP contribution in [0, 0.1) is 5.92 Å². The molecule has 2 aliphatic rings. The SMILES string of the molecule is CCC1COCCN1C(C)C(C)CNC1CC1. The summed E-state index contributed by atoms with van der Waals surface area (Å²) in [4.78, 5) is 2.66. The lowest BCUT2D eigenvalue weighted by molar-refractivity contribution is -0.0365. The molecule has 1 aliphatic heterocycles. The van der Waals surface area contributed by atoms with Gasteiger partial charge in [-0.05, 0) is 38.6 Å². The highest BCUT2D eigenvalue weighted by Crippen LogP contribution is 2.22. The molecule has 3 unspecified atom stereocenters. The predicted molar refractivity (Wildman–Crippen MR) is 71.3 cm³/mol. The van der Waals surface area contributed by atoms with Gasteiger partial charge in [-0.1, -0.05) is 13.8 Å². The molecular formula is C14H28N2O. The van der Waals surface area contributed by atoms with Crippen LogP contribution < -0.4 is 5.32 Å². The highest BCUT2D eigenvalue weighted by atomic mass is 16.5. The summed E-state index contributed by atoms with van der Waals surface area (Å²) < 4.78 is 5.58. The fraction of sp³-hybridized carbons (Fsp3) is 1.00. The normalized spacial score (nSPS) is 30.2. The first-order chi connectivity index (χ1) is 8.22. The molecule has 17 heavy (non-hydrogen) atoms. The van der Waals surface area contributed by atoms with Crippen molar-refractivity contribution in [3.8, 4) is 0 Å². The Morgan fingerprint density at radius 1 is 1.35 bits per heavy atom. The maximum absolute atomic E-state index is 5.58. The summed E-state index contributed by atoms with van der Waals surface area (Å²) in [7, 11) is 0. The summed E-state index contributed by atoms with van der Waals surface area (Å²) in [5.41, 5.74) is 0. The standard InChI is InChI=1S/C14H28N2O/c1-4-14-10-17-8-7-16(14)12(3)11(2)9-15-13-5-6-13/h11-15H,4-10H2,1-3H3. The van der Waals surface area contributed by atoms with Gasteiger partial charge in [0, 0.05) is 24.7 Å². The lowest BCUT2D eigenvalue weighted by Gasteiger charge is -2.41. The van der Waals surface area contributed by atoms with Crippen LogP contribution >= 0.6 is 0 Å². The van der Waals surface area contributed by atoms with Crippen molar-refractivity contribution < 1.29 is 4.74 Å². The Hall–Kier alpha value is -0.120. The Morgan fingerprint density at radius 2 is 2.12 bits per heavy atom. The van der Waals surface area contributed by atoms with Gasteiger partial charge >= 0.3 is 0 Å². The Labute approximate surface area is 106 Å². The van der Waals surface area contributed by atoms with E-state index in [0.717, 1.165) is 31.7 Å². The molecular weight excluding hydrogens is 212 g/mol. The number of rotatable bonds is 6. The lowest BCUT2D eigenvalue weighted by Crippen LogP contribution is -2.52. The monoisotopic (exact) mass is 240 g/mol. The molecule has 3 nitrogen and oxygen atoms in total. The van der Waals surface area contributed by atoms with Crippen LogP contribution in [0.4, 0.5) is 0 Å². The van der Waals surface area contributed by atoms with Gasteiger partial charge in [0.05, 0.1) is 13.2 Å². The minimum absolute atomic E-state index is 0.627. The van der Waals surface area contributed by atoms with Crippen LogP contribution in [0.2, 0.25) is 0 Å². The van der Waals surface area contributed by atoms with Crippen molar-refractivity contribution in [3.05, 3.63) is 0 Å². The van der Waals surface area contributed by atoms with E-state index in [0.29, 0.717) is 12.1 Å². The van der Waals surface area contributed by atoms with Crippen molar-refractivity contribution in [3.63, 3.8) is 0 Å². The molecule has 0 aromatic carbocycles. The zero-order valence-corrected chi connectivity index (χ0v) is 11.6. The van der Waals surface area contributed by atoms with Gasteiger partial charge in [0.15, 0.2) is 0 Å². The summed E-state index contributed by atoms with van der Waals surface area (Å²) in [6, 6.07) is 2.12. The van der Waals surface area contributed by atoms with E-state index in [1.165, 1.54) is 25.8 Å². The highest BCUT2D eigenvalue weighted by molar-refractivity contribution is 4.85. The molecule has 1 aliphatic carbocycles. The summed E-state index contributed by atoms with van der Waals surface area (Å²) in [5, 5.41) is 3.65. The van der Waals surface area contributed by atoms with Crippen LogP contribution in [0.15, 0.2) is 0 Å². The highest BCUT2D eigenvalue weighted by Gasteiger charge is 2.29. The first kappa shape index (κ1) is 13.3. The van der Waals surface area contributed by atoms with E-state index < -0.39 is 0 Å². The van der Waals surface area contributed by atoms with E-state index in [-0.39, 0.29) is 0 Å². The Morgan fingerprint density at radius 3 is 2.76 bits per heavy atom. The molecule has 0 aromatic rings. The smallest absolute Gasteiger partial charge is 0.0622 e. The number of hydrogen-bond acceptors (Lipinski definition) is 3. The fourth-order valence-electron chi connectivity index (χ4n) is 2.69. The molecule has 1 N–H and O–H groups in total. The molecule has 1 heterocycles. The Balaban J connectivity index is 1.80. The van der Waals surface area contributed by atoms with E-state index >= 15 is 0 Å². The van der Waals surface area contributed by atoms with Crippen LogP contribution in [0.25, 0.3) is 0 Å². The second-order valence-electron chi connectivity index (χ2n) is 5.78. The fourth-order valence-corrected chi connectivity index (χ4v) is 2.69. The topological polar surface area (TPSA) is 24.5 Å². The maximum Gasteiger partial charge on any atom is 0.0622 e. The maximum atomic E-state index is 5.58. The van der Waals surface area contributed by atoms with E-state index in [1.54, 1.807) is 0 Å². The molecule has 1 saturated heterocycles. The van der Waals surface area contributed by atoms with E-state index in [4.69, 9.17) is 4.74 Å². The van der Waals surface area contributed by atoms with Gasteiger partial charge in [-0.25, -0.2) is 0 Å². The largest absolute Gasteiger partial charge is 0.378 e. The van der Waals surface area contributed by atoms with Gasteiger partial charge in [0.2, 0.25) is 0 Å². The summed E-state index contributed by atoms with van der Waals surface area (Å²) in [5.74, 6) is 0.725. The Bertz CT molecular complexity index is 230. The van der Waals surface area contributed by atoms with Crippen LogP contribution in [0.3, 0.4) is 0 Å². The molecule has 0 aromatic heterocycles. The van der Waals surface area contributed by atoms with E-state index in [1.807, 2.05) is 0 Å². The summed E-state index contributed by atoms with van der Waals surface area (Å²) >= 11 is 0. The zero-order chi connectivity index (χ0) is 12.3. The van der Waals surface area contributed by atoms with Gasteiger partial charge in [-0.3, -0.25) is 4.90 Å². The van der Waals surface area contributed by atoms with Crippen molar-refractivity contribution in [1.82, 2.24) is 10.2 Å². The third kappa shape index (κ3) is 3.67. The lowest BCUT2D eigenvalue weighted by atomic mass is 9.99. The van der Waals surface area contributed by atoms with Crippen molar-refractivity contribution >= 4 is 0 Å². The van der Waals surface area contributed by atoms with Crippen LogP contribution in [0.1, 0.15) is 40.0 Å². The van der Waals surface area contributed by atoms with Crippen molar-refractivity contribution in [1.29, 1.82) is 0 Å². The number of morpholine rings is 1. The predicted octanol–water partition coefficient (Wildman–Crippen LogP) is 1.87. The van der Waals surface area contributed by atoms with Gasteiger partial charge < -0.3 is 10.1 Å². The Kier molecular flexibility index (Phi) is 4.83. The average molecular weight is 240 g/mol. The summed E-state index contributed by atoms with van der Waals surface area (Å²) in [6.45, 7) is 11.1. The summed E-state index contributed by atoms with van der Waals surface area (Å²) in [6.07, 6.45) is 3.97. The minimum Gasteiger partial charge on any atom is -0.378 e. The molecule has 3 heteroatoms. The third-order valence-electron chi connectivity index (χ3n) is 4.40. The minimum atomic E-state index is 0.627. The number of hydrogen-bond donors (Lipinski definition) is 1. The van der Waals surface area contributed by atoms with E-state index in [9.17, 15) is 0 Å². The second-order valence-corrected chi connectivity index (χ2v) is 5.78. The van der Waals surface area contributed by atoms with Crippen molar-refractivity contribution in [2.75, 3.05) is 26.3 Å².